The number of aromatic nitrogens is 1. The molecule has 0 radical (unpaired) electrons. The average molecular weight is 276 g/mol. The maximum atomic E-state index is 14.1. The topological polar surface area (TPSA) is 28.4 Å². The first-order chi connectivity index (χ1) is 9.50. The van der Waals surface area contributed by atoms with Gasteiger partial charge in [0, 0.05) is 36.9 Å². The minimum atomic E-state index is -1.54. The molecule has 0 amide bonds. The predicted molar refractivity (Wildman–Crippen MR) is 78.4 cm³/mol. The van der Waals surface area contributed by atoms with Gasteiger partial charge in [0.2, 0.25) is 0 Å². The van der Waals surface area contributed by atoms with Gasteiger partial charge >= 0.3 is 0 Å². The number of nitrogens with zero attached hydrogens (tertiary/aromatic N) is 2. The fourth-order valence-corrected chi connectivity index (χ4v) is 3.04. The number of benzene rings is 1. The Morgan fingerprint density at radius 1 is 1.40 bits per heavy atom. The number of halogens is 1. The van der Waals surface area contributed by atoms with Crippen LogP contribution in [0.3, 0.4) is 0 Å². The van der Waals surface area contributed by atoms with Crippen molar-refractivity contribution < 1.29 is 9.50 Å². The Morgan fingerprint density at radius 2 is 2.15 bits per heavy atom. The summed E-state index contributed by atoms with van der Waals surface area (Å²) in [6.45, 7) is 5.01. The van der Waals surface area contributed by atoms with Crippen LogP contribution in [0, 0.1) is 0 Å². The van der Waals surface area contributed by atoms with E-state index in [0.29, 0.717) is 0 Å². The molecule has 3 nitrogen and oxygen atoms in total. The number of alkyl halides is 1. The van der Waals surface area contributed by atoms with Crippen LogP contribution in [-0.2, 0) is 13.1 Å². The molecule has 0 saturated heterocycles. The van der Waals surface area contributed by atoms with E-state index in [1.807, 2.05) is 6.07 Å². The number of aliphatic hydroxyl groups is 1. The summed E-state index contributed by atoms with van der Waals surface area (Å²) in [5, 5.41) is 10.4. The van der Waals surface area contributed by atoms with Crippen LogP contribution in [-0.4, -0.2) is 39.4 Å². The molecule has 0 saturated carbocycles. The van der Waals surface area contributed by atoms with Crippen molar-refractivity contribution in [3.05, 3.63) is 36.0 Å². The summed E-state index contributed by atoms with van der Waals surface area (Å²) in [5.41, 5.74) is 0.930. The Labute approximate surface area is 118 Å². The number of rotatable bonds is 3. The van der Waals surface area contributed by atoms with Crippen LogP contribution >= 0.6 is 0 Å². The minimum absolute atomic E-state index is 0.264. The standard InChI is InChI=1S/C16H21FN2O/c1-12-8-19-14(7-13-5-3-4-6-15(13)19)9-18(12)10-16(2,17)11-20/h3-7,12,20H,8-11H2,1-2H3. The van der Waals surface area contributed by atoms with Gasteiger partial charge in [0.05, 0.1) is 6.61 Å². The van der Waals surface area contributed by atoms with Gasteiger partial charge in [-0.3, -0.25) is 4.90 Å². The average Bonchev–Trinajstić information content (AvgIpc) is 2.77. The van der Waals surface area contributed by atoms with Crippen LogP contribution in [0.4, 0.5) is 4.39 Å². The third kappa shape index (κ3) is 2.34. The molecular weight excluding hydrogens is 255 g/mol. The van der Waals surface area contributed by atoms with Crippen LogP contribution in [0.5, 0.6) is 0 Å². The number of aliphatic hydroxyl groups excluding tert-OH is 1. The van der Waals surface area contributed by atoms with E-state index in [-0.39, 0.29) is 12.6 Å². The lowest BCUT2D eigenvalue weighted by atomic mass is 10.1. The fraction of sp³-hybridized carbons (Fsp3) is 0.500. The molecular formula is C16H21FN2O. The van der Waals surface area contributed by atoms with Gasteiger partial charge in [0.1, 0.15) is 5.67 Å². The SMILES string of the molecule is CC1Cn2c(cc3ccccc32)CN1CC(C)(F)CO. The Kier molecular flexibility index (Phi) is 3.30. The molecule has 1 N–H and O–H groups in total. The summed E-state index contributed by atoms with van der Waals surface area (Å²) in [6.07, 6.45) is 0. The smallest absolute Gasteiger partial charge is 0.143 e. The predicted octanol–water partition coefficient (Wildman–Crippen LogP) is 2.57. The zero-order valence-corrected chi connectivity index (χ0v) is 12.0. The van der Waals surface area contributed by atoms with Crippen LogP contribution in [0.1, 0.15) is 19.5 Å². The molecule has 1 aromatic heterocycles. The number of para-hydroxylation sites is 1. The summed E-state index contributed by atoms with van der Waals surface area (Å²) >= 11 is 0. The molecule has 0 bridgehead atoms. The lowest BCUT2D eigenvalue weighted by molar-refractivity contribution is 0.0214. The largest absolute Gasteiger partial charge is 0.393 e. The van der Waals surface area contributed by atoms with Crippen molar-refractivity contribution in [3.63, 3.8) is 0 Å². The Morgan fingerprint density at radius 3 is 2.90 bits per heavy atom. The molecule has 1 aromatic carbocycles. The maximum absolute atomic E-state index is 14.1. The molecule has 0 aliphatic carbocycles. The van der Waals surface area contributed by atoms with Gasteiger partial charge in [-0.2, -0.15) is 0 Å². The van der Waals surface area contributed by atoms with Crippen molar-refractivity contribution in [1.82, 2.24) is 9.47 Å². The van der Waals surface area contributed by atoms with Crippen LogP contribution in [0.25, 0.3) is 10.9 Å². The second-order valence-electron chi connectivity index (χ2n) is 6.13. The van der Waals surface area contributed by atoms with Gasteiger partial charge in [-0.1, -0.05) is 18.2 Å². The first-order valence-corrected chi connectivity index (χ1v) is 7.11. The highest BCUT2D eigenvalue weighted by molar-refractivity contribution is 5.81. The highest BCUT2D eigenvalue weighted by atomic mass is 19.1. The molecule has 0 fully saturated rings. The highest BCUT2D eigenvalue weighted by Crippen LogP contribution is 2.27. The monoisotopic (exact) mass is 276 g/mol. The van der Waals surface area contributed by atoms with Gasteiger partial charge in [-0.25, -0.2) is 4.39 Å². The normalized spacial score (nSPS) is 22.7. The molecule has 2 heterocycles. The summed E-state index contributed by atoms with van der Waals surface area (Å²) in [7, 11) is 0. The summed E-state index contributed by atoms with van der Waals surface area (Å²) < 4.78 is 16.4. The van der Waals surface area contributed by atoms with E-state index in [1.165, 1.54) is 23.5 Å². The molecule has 20 heavy (non-hydrogen) atoms. The molecule has 3 rings (SSSR count). The second-order valence-corrected chi connectivity index (χ2v) is 6.13. The molecule has 1 aliphatic rings. The van der Waals surface area contributed by atoms with Gasteiger partial charge in [-0.15, -0.1) is 0 Å². The minimum Gasteiger partial charge on any atom is -0.393 e. The first-order valence-electron chi connectivity index (χ1n) is 7.11. The van der Waals surface area contributed by atoms with Gasteiger partial charge in [0.15, 0.2) is 0 Å². The quantitative estimate of drug-likeness (QED) is 0.933. The molecule has 1 aliphatic heterocycles. The molecule has 2 unspecified atom stereocenters. The molecule has 2 atom stereocenters. The molecule has 4 heteroatoms. The lowest BCUT2D eigenvalue weighted by Gasteiger charge is -2.37. The maximum Gasteiger partial charge on any atom is 0.143 e. The third-order valence-electron chi connectivity index (χ3n) is 4.19. The van der Waals surface area contributed by atoms with Crippen molar-refractivity contribution in [2.24, 2.45) is 0 Å². The van der Waals surface area contributed by atoms with Crippen molar-refractivity contribution in [3.8, 4) is 0 Å². The number of hydrogen-bond acceptors (Lipinski definition) is 2. The lowest BCUT2D eigenvalue weighted by Crippen LogP contribution is -2.48. The van der Waals surface area contributed by atoms with Crippen molar-refractivity contribution in [2.75, 3.05) is 13.2 Å². The number of fused-ring (bicyclic) bond motifs is 3. The van der Waals surface area contributed by atoms with Gasteiger partial charge in [-0.05, 0) is 31.4 Å². The number of hydrogen-bond donors (Lipinski definition) is 1. The molecule has 2 aromatic rings. The first kappa shape index (κ1) is 13.6. The fourth-order valence-electron chi connectivity index (χ4n) is 3.04. The van der Waals surface area contributed by atoms with Gasteiger partial charge < -0.3 is 9.67 Å². The van der Waals surface area contributed by atoms with Crippen molar-refractivity contribution in [1.29, 1.82) is 0 Å². The summed E-state index contributed by atoms with van der Waals surface area (Å²) in [4.78, 5) is 2.12. The van der Waals surface area contributed by atoms with Crippen LogP contribution in [0.15, 0.2) is 30.3 Å². The van der Waals surface area contributed by atoms with E-state index in [0.717, 1.165) is 13.1 Å². The summed E-state index contributed by atoms with van der Waals surface area (Å²) in [5.74, 6) is 0. The van der Waals surface area contributed by atoms with Crippen LogP contribution < -0.4 is 0 Å². The third-order valence-corrected chi connectivity index (χ3v) is 4.19. The molecule has 0 spiro atoms. The van der Waals surface area contributed by atoms with E-state index >= 15 is 0 Å². The van der Waals surface area contributed by atoms with E-state index < -0.39 is 12.3 Å². The Balaban J connectivity index is 1.90. The van der Waals surface area contributed by atoms with Crippen LogP contribution in [0.2, 0.25) is 0 Å². The van der Waals surface area contributed by atoms with E-state index in [4.69, 9.17) is 5.11 Å². The highest BCUT2D eigenvalue weighted by Gasteiger charge is 2.31. The van der Waals surface area contributed by atoms with E-state index in [2.05, 4.69) is 40.7 Å². The van der Waals surface area contributed by atoms with E-state index in [1.54, 1.807) is 0 Å². The van der Waals surface area contributed by atoms with Crippen molar-refractivity contribution >= 4 is 10.9 Å². The Bertz CT molecular complexity index is 620. The van der Waals surface area contributed by atoms with Crippen molar-refractivity contribution in [2.45, 2.75) is 38.6 Å². The van der Waals surface area contributed by atoms with Gasteiger partial charge in [0.25, 0.3) is 0 Å². The zero-order chi connectivity index (χ0) is 14.3. The summed E-state index contributed by atoms with van der Waals surface area (Å²) in [6, 6.07) is 10.8. The Hall–Kier alpha value is -1.39. The zero-order valence-electron chi connectivity index (χ0n) is 12.0. The second kappa shape index (κ2) is 4.86. The van der Waals surface area contributed by atoms with E-state index in [9.17, 15) is 4.39 Å². The molecule has 108 valence electrons.